The molecule has 1 heterocycles. The van der Waals surface area contributed by atoms with Gasteiger partial charge in [-0.2, -0.15) is 0 Å². The lowest BCUT2D eigenvalue weighted by Crippen LogP contribution is -2.12. The van der Waals surface area contributed by atoms with Crippen LogP contribution in [0, 0.1) is 0 Å². The molecule has 0 aliphatic heterocycles. The van der Waals surface area contributed by atoms with Gasteiger partial charge in [0.2, 0.25) is 0 Å². The van der Waals surface area contributed by atoms with Crippen LogP contribution in [0.2, 0.25) is 5.02 Å². The van der Waals surface area contributed by atoms with Gasteiger partial charge in [0.15, 0.2) is 0 Å². The van der Waals surface area contributed by atoms with Gasteiger partial charge in [-0.05, 0) is 48.5 Å². The predicted octanol–water partition coefficient (Wildman–Crippen LogP) is 4.45. The van der Waals surface area contributed by atoms with Crippen molar-refractivity contribution in [3.05, 3.63) is 64.2 Å². The molecule has 3 aromatic rings. The SMILES string of the molecule is O=S(=O)(Nc1ccc2c(Br)ccnc2c1)c1ccc(Cl)cc1. The molecule has 0 radical (unpaired) electrons. The molecule has 0 amide bonds. The van der Waals surface area contributed by atoms with Crippen LogP contribution < -0.4 is 4.72 Å². The molecular weight excluding hydrogens is 388 g/mol. The number of nitrogens with zero attached hydrogens (tertiary/aromatic N) is 1. The second-order valence-electron chi connectivity index (χ2n) is 4.58. The fourth-order valence-electron chi connectivity index (χ4n) is 2.00. The Hall–Kier alpha value is -1.63. The Labute approximate surface area is 141 Å². The number of nitrogens with one attached hydrogen (secondary N) is 1. The molecular formula is C15H10BrClN2O2S. The number of hydrogen-bond donors (Lipinski definition) is 1. The molecule has 0 saturated carbocycles. The van der Waals surface area contributed by atoms with Crippen LogP contribution >= 0.6 is 27.5 Å². The molecule has 112 valence electrons. The fraction of sp³-hybridized carbons (Fsp3) is 0. The summed E-state index contributed by atoms with van der Waals surface area (Å²) in [6, 6.07) is 13.0. The Bertz CT molecular complexity index is 943. The monoisotopic (exact) mass is 396 g/mol. The minimum Gasteiger partial charge on any atom is -0.280 e. The van der Waals surface area contributed by atoms with Crippen molar-refractivity contribution in [3.8, 4) is 0 Å². The Morgan fingerprint density at radius 2 is 1.77 bits per heavy atom. The lowest BCUT2D eigenvalue weighted by molar-refractivity contribution is 0.601. The number of fused-ring (bicyclic) bond motifs is 1. The van der Waals surface area contributed by atoms with E-state index in [1.807, 2.05) is 12.1 Å². The zero-order valence-electron chi connectivity index (χ0n) is 11.1. The van der Waals surface area contributed by atoms with Crippen molar-refractivity contribution < 1.29 is 8.42 Å². The number of hydrogen-bond acceptors (Lipinski definition) is 3. The maximum absolute atomic E-state index is 12.3. The lowest BCUT2D eigenvalue weighted by Gasteiger charge is -2.09. The molecule has 2 aromatic carbocycles. The molecule has 1 N–H and O–H groups in total. The summed E-state index contributed by atoms with van der Waals surface area (Å²) in [5.41, 5.74) is 1.15. The first-order valence-corrected chi connectivity index (χ1v) is 8.94. The van der Waals surface area contributed by atoms with Crippen LogP contribution in [0.3, 0.4) is 0 Å². The summed E-state index contributed by atoms with van der Waals surface area (Å²) in [5, 5.41) is 1.40. The second kappa shape index (κ2) is 5.87. The number of sulfonamides is 1. The summed E-state index contributed by atoms with van der Waals surface area (Å²) in [7, 11) is -3.66. The first kappa shape index (κ1) is 15.3. The third-order valence-corrected chi connectivity index (χ3v) is 5.41. The maximum Gasteiger partial charge on any atom is 0.261 e. The molecule has 0 fully saturated rings. The van der Waals surface area contributed by atoms with Crippen LogP contribution in [-0.4, -0.2) is 13.4 Å². The summed E-state index contributed by atoms with van der Waals surface area (Å²) in [4.78, 5) is 4.39. The van der Waals surface area contributed by atoms with E-state index in [0.717, 1.165) is 9.86 Å². The zero-order valence-corrected chi connectivity index (χ0v) is 14.3. The van der Waals surface area contributed by atoms with Gasteiger partial charge < -0.3 is 0 Å². The fourth-order valence-corrected chi connectivity index (χ4v) is 3.63. The molecule has 22 heavy (non-hydrogen) atoms. The van der Waals surface area contributed by atoms with Crippen molar-refractivity contribution in [3.63, 3.8) is 0 Å². The summed E-state index contributed by atoms with van der Waals surface area (Å²) in [5.74, 6) is 0. The topological polar surface area (TPSA) is 59.1 Å². The molecule has 0 bridgehead atoms. The molecule has 1 aromatic heterocycles. The summed E-state index contributed by atoms with van der Waals surface area (Å²) >= 11 is 9.21. The number of pyridine rings is 1. The molecule has 0 spiro atoms. The van der Waals surface area contributed by atoms with E-state index in [0.29, 0.717) is 16.2 Å². The Morgan fingerprint density at radius 1 is 1.05 bits per heavy atom. The van der Waals surface area contributed by atoms with Gasteiger partial charge in [-0.3, -0.25) is 9.71 Å². The van der Waals surface area contributed by atoms with E-state index in [-0.39, 0.29) is 4.90 Å². The van der Waals surface area contributed by atoms with Gasteiger partial charge in [0.05, 0.1) is 16.1 Å². The molecule has 0 saturated heterocycles. The van der Waals surface area contributed by atoms with Crippen molar-refractivity contribution in [2.24, 2.45) is 0 Å². The van der Waals surface area contributed by atoms with Crippen molar-refractivity contribution in [2.75, 3.05) is 4.72 Å². The highest BCUT2D eigenvalue weighted by atomic mass is 79.9. The summed E-state index contributed by atoms with van der Waals surface area (Å²) in [6.45, 7) is 0. The minimum atomic E-state index is -3.66. The van der Waals surface area contributed by atoms with Crippen molar-refractivity contribution in [2.45, 2.75) is 4.90 Å². The molecule has 7 heteroatoms. The van der Waals surface area contributed by atoms with Crippen molar-refractivity contribution in [1.82, 2.24) is 4.98 Å². The van der Waals surface area contributed by atoms with Gasteiger partial charge in [0, 0.05) is 21.1 Å². The van der Waals surface area contributed by atoms with Crippen molar-refractivity contribution >= 4 is 54.1 Å². The van der Waals surface area contributed by atoms with Crippen LogP contribution in [0.25, 0.3) is 10.9 Å². The van der Waals surface area contributed by atoms with Crippen molar-refractivity contribution in [1.29, 1.82) is 0 Å². The van der Waals surface area contributed by atoms with E-state index < -0.39 is 10.0 Å². The standard InChI is InChI=1S/C15H10BrClN2O2S/c16-14-7-8-18-15-9-11(3-6-13(14)15)19-22(20,21)12-4-1-10(17)2-5-12/h1-9,19H. The largest absolute Gasteiger partial charge is 0.280 e. The first-order chi connectivity index (χ1) is 10.5. The zero-order chi connectivity index (χ0) is 15.7. The summed E-state index contributed by atoms with van der Waals surface area (Å²) in [6.07, 6.45) is 1.66. The number of halogens is 2. The smallest absolute Gasteiger partial charge is 0.261 e. The number of anilines is 1. The normalized spacial score (nSPS) is 11.5. The number of aromatic nitrogens is 1. The minimum absolute atomic E-state index is 0.152. The van der Waals surface area contributed by atoms with Gasteiger partial charge in [-0.15, -0.1) is 0 Å². The maximum atomic E-state index is 12.3. The van der Waals surface area contributed by atoms with Gasteiger partial charge in [-0.25, -0.2) is 8.42 Å². The molecule has 3 rings (SSSR count). The van der Waals surface area contributed by atoms with E-state index in [1.54, 1.807) is 18.3 Å². The highest BCUT2D eigenvalue weighted by Crippen LogP contribution is 2.26. The van der Waals surface area contributed by atoms with E-state index in [2.05, 4.69) is 25.6 Å². The third kappa shape index (κ3) is 3.09. The van der Waals surface area contributed by atoms with E-state index in [1.165, 1.54) is 24.3 Å². The van der Waals surface area contributed by atoms with E-state index in [4.69, 9.17) is 11.6 Å². The quantitative estimate of drug-likeness (QED) is 0.710. The van der Waals surface area contributed by atoms with Crippen LogP contribution in [0.1, 0.15) is 0 Å². The van der Waals surface area contributed by atoms with Crippen LogP contribution in [-0.2, 0) is 10.0 Å². The lowest BCUT2D eigenvalue weighted by atomic mass is 10.2. The van der Waals surface area contributed by atoms with Crippen LogP contribution in [0.5, 0.6) is 0 Å². The average molecular weight is 398 g/mol. The Kier molecular flexibility index (Phi) is 4.08. The molecule has 0 aliphatic carbocycles. The van der Waals surface area contributed by atoms with Gasteiger partial charge >= 0.3 is 0 Å². The van der Waals surface area contributed by atoms with Gasteiger partial charge in [0.1, 0.15) is 0 Å². The highest BCUT2D eigenvalue weighted by molar-refractivity contribution is 9.10. The first-order valence-electron chi connectivity index (χ1n) is 6.28. The van der Waals surface area contributed by atoms with E-state index in [9.17, 15) is 8.42 Å². The number of rotatable bonds is 3. The Morgan fingerprint density at radius 3 is 2.50 bits per heavy atom. The third-order valence-electron chi connectivity index (χ3n) is 3.07. The van der Waals surface area contributed by atoms with E-state index >= 15 is 0 Å². The molecule has 0 atom stereocenters. The number of benzene rings is 2. The van der Waals surface area contributed by atoms with Gasteiger partial charge in [-0.1, -0.05) is 27.5 Å². The molecule has 0 aliphatic rings. The van der Waals surface area contributed by atoms with Crippen LogP contribution in [0.4, 0.5) is 5.69 Å². The molecule has 4 nitrogen and oxygen atoms in total. The molecule has 0 unspecified atom stereocenters. The second-order valence-corrected chi connectivity index (χ2v) is 7.56. The average Bonchev–Trinajstić information content (AvgIpc) is 2.47. The Balaban J connectivity index is 1.97. The predicted molar refractivity (Wildman–Crippen MR) is 91.7 cm³/mol. The van der Waals surface area contributed by atoms with Gasteiger partial charge in [0.25, 0.3) is 10.0 Å². The van der Waals surface area contributed by atoms with Crippen LogP contribution in [0.15, 0.2) is 64.1 Å². The highest BCUT2D eigenvalue weighted by Gasteiger charge is 2.14. The summed E-state index contributed by atoms with van der Waals surface area (Å²) < 4.78 is 28.1.